The summed E-state index contributed by atoms with van der Waals surface area (Å²) in [5.74, 6) is -5.27. The van der Waals surface area contributed by atoms with Crippen LogP contribution < -0.4 is 10.0 Å². The van der Waals surface area contributed by atoms with Gasteiger partial charge in [-0.1, -0.05) is 0 Å². The van der Waals surface area contributed by atoms with E-state index in [0.29, 0.717) is 11.9 Å². The second-order valence-electron chi connectivity index (χ2n) is 5.77. The number of carboxylic acid groups (broad SMARTS) is 1. The molecule has 17 nitrogen and oxygen atoms in total. The maximum Gasteiger partial charge on any atom is 0.329 e. The molecule has 0 aliphatic rings. The fourth-order valence-electron chi connectivity index (χ4n) is 1.74. The second kappa shape index (κ2) is 15.2. The van der Waals surface area contributed by atoms with E-state index in [1.165, 1.54) is 0 Å². The van der Waals surface area contributed by atoms with Gasteiger partial charge in [0, 0.05) is 25.5 Å². The minimum absolute atomic E-state index is 0.0678. The SMILES string of the molecule is CC(=O)C(=O)N[C@@H](CSNC(=O)CCCC(=O)O)C(=O)OC[C@H](CO[N+](=O)[O-])O[N+](=O)[O-]. The highest BCUT2D eigenvalue weighted by atomic mass is 32.2. The Hall–Kier alpha value is -3.70. The predicted molar refractivity (Wildman–Crippen MR) is 100 cm³/mol. The van der Waals surface area contributed by atoms with Gasteiger partial charge < -0.3 is 29.6 Å². The largest absolute Gasteiger partial charge is 0.481 e. The van der Waals surface area contributed by atoms with Gasteiger partial charge in [0.1, 0.15) is 19.3 Å². The lowest BCUT2D eigenvalue weighted by molar-refractivity contribution is -0.790. The number of carbonyl (C=O) groups is 5. The van der Waals surface area contributed by atoms with Crippen molar-refractivity contribution < 1.29 is 53.7 Å². The molecule has 0 unspecified atom stereocenters. The van der Waals surface area contributed by atoms with E-state index in [4.69, 9.17) is 9.84 Å². The standard InChI is InChI=1S/C14H20N4O13S/c1-8(19)13(23)15-10(7-32-16-11(20)3-2-4-12(21)22)14(24)29-5-9(31-18(27)28)6-30-17(25)26/h9-10H,2-7H2,1H3,(H,15,23)(H,16,20)(H,21,22)/t9-,10+/m1/s1. The molecule has 0 aromatic heterocycles. The normalized spacial score (nSPS) is 11.9. The molecule has 18 heteroatoms. The Kier molecular flexibility index (Phi) is 13.4. The number of aliphatic carboxylic acids is 1. The van der Waals surface area contributed by atoms with Crippen LogP contribution in [-0.4, -0.2) is 75.9 Å². The Morgan fingerprint density at radius 1 is 1.06 bits per heavy atom. The van der Waals surface area contributed by atoms with Gasteiger partial charge in [-0.15, -0.1) is 20.2 Å². The average molecular weight is 484 g/mol. The molecule has 180 valence electrons. The molecule has 32 heavy (non-hydrogen) atoms. The molecule has 0 bridgehead atoms. The number of rotatable bonds is 17. The van der Waals surface area contributed by atoms with Gasteiger partial charge >= 0.3 is 11.9 Å². The van der Waals surface area contributed by atoms with E-state index in [1.807, 2.05) is 5.32 Å². The summed E-state index contributed by atoms with van der Waals surface area (Å²) in [5, 5.41) is 28.6. The highest BCUT2D eigenvalue weighted by Crippen LogP contribution is 2.05. The number of carboxylic acids is 1. The summed E-state index contributed by atoms with van der Waals surface area (Å²) < 4.78 is 7.04. The van der Waals surface area contributed by atoms with Crippen LogP contribution in [0.4, 0.5) is 0 Å². The number of carbonyl (C=O) groups excluding carboxylic acids is 4. The van der Waals surface area contributed by atoms with Gasteiger partial charge in [0.25, 0.3) is 16.1 Å². The first kappa shape index (κ1) is 28.3. The zero-order valence-electron chi connectivity index (χ0n) is 16.5. The van der Waals surface area contributed by atoms with Crippen molar-refractivity contribution in [2.75, 3.05) is 19.0 Å². The number of esters is 1. The predicted octanol–water partition coefficient (Wildman–Crippen LogP) is -1.59. The highest BCUT2D eigenvalue weighted by Gasteiger charge is 2.26. The number of Topliss-reactive ketones (excluding diaryl/α,β-unsaturated/α-hetero) is 1. The lowest BCUT2D eigenvalue weighted by Gasteiger charge is -2.19. The van der Waals surface area contributed by atoms with Crippen molar-refractivity contribution in [3.63, 3.8) is 0 Å². The van der Waals surface area contributed by atoms with Crippen molar-refractivity contribution in [3.05, 3.63) is 20.2 Å². The van der Waals surface area contributed by atoms with E-state index >= 15 is 0 Å². The zero-order valence-corrected chi connectivity index (χ0v) is 17.4. The van der Waals surface area contributed by atoms with E-state index in [2.05, 4.69) is 14.4 Å². The topological polar surface area (TPSA) is 244 Å². The monoisotopic (exact) mass is 484 g/mol. The van der Waals surface area contributed by atoms with Crippen LogP contribution in [0.25, 0.3) is 0 Å². The fourth-order valence-corrected chi connectivity index (χ4v) is 2.47. The third-order valence-corrected chi connectivity index (χ3v) is 4.02. The van der Waals surface area contributed by atoms with Crippen molar-refractivity contribution in [3.8, 4) is 0 Å². The van der Waals surface area contributed by atoms with Gasteiger partial charge in [-0.25, -0.2) is 4.79 Å². The molecule has 0 radical (unpaired) electrons. The lowest BCUT2D eigenvalue weighted by Crippen LogP contribution is -2.47. The second-order valence-corrected chi connectivity index (χ2v) is 6.59. The number of ether oxygens (including phenoxy) is 1. The van der Waals surface area contributed by atoms with Crippen LogP contribution >= 0.6 is 11.9 Å². The average Bonchev–Trinajstić information content (AvgIpc) is 2.68. The Labute approximate surface area is 183 Å². The van der Waals surface area contributed by atoms with E-state index in [0.717, 1.165) is 6.92 Å². The van der Waals surface area contributed by atoms with Crippen LogP contribution in [0.1, 0.15) is 26.2 Å². The van der Waals surface area contributed by atoms with Crippen LogP contribution in [0.3, 0.4) is 0 Å². The minimum Gasteiger partial charge on any atom is -0.481 e. The molecule has 0 aromatic rings. The Morgan fingerprint density at radius 2 is 1.72 bits per heavy atom. The smallest absolute Gasteiger partial charge is 0.329 e. The van der Waals surface area contributed by atoms with E-state index in [-0.39, 0.29) is 25.0 Å². The molecule has 2 amide bonds. The summed E-state index contributed by atoms with van der Waals surface area (Å²) in [6.45, 7) is -0.885. The summed E-state index contributed by atoms with van der Waals surface area (Å²) in [4.78, 5) is 85.6. The quantitative estimate of drug-likeness (QED) is 0.0692. The van der Waals surface area contributed by atoms with E-state index in [1.54, 1.807) is 0 Å². The molecular formula is C14H20N4O13S. The third kappa shape index (κ3) is 14.3. The Bertz CT molecular complexity index is 731. The molecular weight excluding hydrogens is 464 g/mol. The summed E-state index contributed by atoms with van der Waals surface area (Å²) in [6.07, 6.45) is -1.94. The maximum absolute atomic E-state index is 12.2. The van der Waals surface area contributed by atoms with Crippen LogP contribution in [0.15, 0.2) is 0 Å². The molecule has 0 aromatic carbocycles. The molecule has 0 fully saturated rings. The van der Waals surface area contributed by atoms with Gasteiger partial charge in [0.15, 0.2) is 6.10 Å². The number of hydrogen-bond donors (Lipinski definition) is 3. The molecule has 0 saturated carbocycles. The van der Waals surface area contributed by atoms with Crippen molar-refractivity contribution in [1.82, 2.24) is 10.0 Å². The molecule has 0 saturated heterocycles. The summed E-state index contributed by atoms with van der Waals surface area (Å²) in [7, 11) is 0. The molecule has 0 spiro atoms. The van der Waals surface area contributed by atoms with Crippen LogP contribution in [0.5, 0.6) is 0 Å². The zero-order chi connectivity index (χ0) is 24.7. The first-order valence-electron chi connectivity index (χ1n) is 8.61. The Morgan fingerprint density at radius 3 is 2.25 bits per heavy atom. The summed E-state index contributed by atoms with van der Waals surface area (Å²) >= 11 is 0.642. The first-order chi connectivity index (χ1) is 14.9. The molecule has 0 aliphatic carbocycles. The lowest BCUT2D eigenvalue weighted by atomic mass is 10.2. The fraction of sp³-hybridized carbons (Fsp3) is 0.643. The highest BCUT2D eigenvalue weighted by molar-refractivity contribution is 7.98. The molecule has 3 N–H and O–H groups in total. The van der Waals surface area contributed by atoms with Crippen molar-refractivity contribution >= 4 is 41.5 Å². The van der Waals surface area contributed by atoms with Gasteiger partial charge in [-0.3, -0.25) is 19.2 Å². The van der Waals surface area contributed by atoms with Gasteiger partial charge in [-0.05, 0) is 18.4 Å². The number of nitrogens with zero attached hydrogens (tertiary/aromatic N) is 2. The van der Waals surface area contributed by atoms with Gasteiger partial charge in [0.2, 0.25) is 11.7 Å². The first-order valence-corrected chi connectivity index (χ1v) is 9.59. The van der Waals surface area contributed by atoms with E-state index < -0.39 is 65.1 Å². The number of hydrogen-bond acceptors (Lipinski definition) is 13. The number of amides is 2. The van der Waals surface area contributed by atoms with Crippen molar-refractivity contribution in [2.24, 2.45) is 0 Å². The third-order valence-electron chi connectivity index (χ3n) is 3.15. The molecule has 0 aliphatic heterocycles. The van der Waals surface area contributed by atoms with Gasteiger partial charge in [-0.2, -0.15) is 0 Å². The van der Waals surface area contributed by atoms with E-state index in [9.17, 15) is 44.2 Å². The molecule has 2 atom stereocenters. The maximum atomic E-state index is 12.2. The van der Waals surface area contributed by atoms with Crippen LogP contribution in [-0.2, 0) is 38.4 Å². The van der Waals surface area contributed by atoms with Gasteiger partial charge in [0.05, 0.1) is 0 Å². The van der Waals surface area contributed by atoms with Crippen molar-refractivity contribution in [1.29, 1.82) is 0 Å². The van der Waals surface area contributed by atoms with Crippen molar-refractivity contribution in [2.45, 2.75) is 38.3 Å². The number of nitrogens with one attached hydrogen (secondary N) is 2. The summed E-state index contributed by atoms with van der Waals surface area (Å²) in [6, 6.07) is -1.50. The molecule has 0 rings (SSSR count). The van der Waals surface area contributed by atoms with Crippen LogP contribution in [0, 0.1) is 20.2 Å². The number of ketones is 1. The minimum atomic E-state index is -1.66. The summed E-state index contributed by atoms with van der Waals surface area (Å²) in [5.41, 5.74) is 0. The van der Waals surface area contributed by atoms with Crippen LogP contribution in [0.2, 0.25) is 0 Å². The molecule has 0 heterocycles. The Balaban J connectivity index is 4.85.